The van der Waals surface area contributed by atoms with Gasteiger partial charge in [-0.15, -0.1) is 11.3 Å². The molecule has 2 heterocycles. The van der Waals surface area contributed by atoms with Crippen molar-refractivity contribution >= 4 is 17.0 Å². The Bertz CT molecular complexity index is 443. The van der Waals surface area contributed by atoms with Crippen LogP contribution in [0.5, 0.6) is 0 Å². The molecule has 0 saturated heterocycles. The average Bonchev–Trinajstić information content (AvgIpc) is 2.80. The maximum Gasteiger partial charge on any atom is 0.0825 e. The van der Waals surface area contributed by atoms with Crippen molar-refractivity contribution in [1.29, 1.82) is 0 Å². The van der Waals surface area contributed by atoms with E-state index in [1.54, 1.807) is 11.3 Å². The normalized spacial score (nSPS) is 10.8. The van der Waals surface area contributed by atoms with Gasteiger partial charge in [0, 0.05) is 17.8 Å². The van der Waals surface area contributed by atoms with Gasteiger partial charge in [0.1, 0.15) is 0 Å². The van der Waals surface area contributed by atoms with Crippen molar-refractivity contribution in [1.82, 2.24) is 9.78 Å². The van der Waals surface area contributed by atoms with E-state index >= 15 is 0 Å². The lowest BCUT2D eigenvalue weighted by Gasteiger charge is -2.02. The van der Waals surface area contributed by atoms with E-state index in [2.05, 4.69) is 22.6 Å². The second kappa shape index (κ2) is 4.06. The van der Waals surface area contributed by atoms with Gasteiger partial charge in [0.2, 0.25) is 0 Å². The number of anilines is 1. The predicted molar refractivity (Wildman–Crippen MR) is 64.1 cm³/mol. The van der Waals surface area contributed by atoms with Crippen molar-refractivity contribution in [3.8, 4) is 0 Å². The summed E-state index contributed by atoms with van der Waals surface area (Å²) in [5.41, 5.74) is 8.69. The van der Waals surface area contributed by atoms with Crippen LogP contribution in [0.1, 0.15) is 16.3 Å². The second-order valence-electron chi connectivity index (χ2n) is 3.64. The third-order valence-corrected chi connectivity index (χ3v) is 3.52. The van der Waals surface area contributed by atoms with E-state index < -0.39 is 0 Å². The van der Waals surface area contributed by atoms with Crippen molar-refractivity contribution in [2.45, 2.75) is 26.8 Å². The topological polar surface area (TPSA) is 43.8 Å². The minimum atomic E-state index is 0.821. The summed E-state index contributed by atoms with van der Waals surface area (Å²) in [7, 11) is 0. The Kier molecular flexibility index (Phi) is 2.77. The maximum absolute atomic E-state index is 5.87. The van der Waals surface area contributed by atoms with Gasteiger partial charge in [-0.2, -0.15) is 5.10 Å². The maximum atomic E-state index is 5.87. The number of aromatic nitrogens is 2. The van der Waals surface area contributed by atoms with Crippen LogP contribution in [0.15, 0.2) is 17.5 Å². The first-order valence-electron chi connectivity index (χ1n) is 5.00. The predicted octanol–water partition coefficient (Wildman–Crippen LogP) is 2.39. The molecule has 15 heavy (non-hydrogen) atoms. The van der Waals surface area contributed by atoms with Gasteiger partial charge >= 0.3 is 0 Å². The van der Waals surface area contributed by atoms with Crippen molar-refractivity contribution < 1.29 is 0 Å². The highest BCUT2D eigenvalue weighted by Gasteiger charge is 2.07. The highest BCUT2D eigenvalue weighted by molar-refractivity contribution is 7.09. The number of nitrogens with zero attached hydrogens (tertiary/aromatic N) is 2. The van der Waals surface area contributed by atoms with Crippen molar-refractivity contribution in [3.05, 3.63) is 33.8 Å². The zero-order chi connectivity index (χ0) is 10.8. The summed E-state index contributed by atoms with van der Waals surface area (Å²) in [6.07, 6.45) is 1.03. The van der Waals surface area contributed by atoms with E-state index in [1.165, 1.54) is 4.88 Å². The first kappa shape index (κ1) is 10.2. The third-order valence-electron chi connectivity index (χ3n) is 2.59. The average molecular weight is 221 g/mol. The molecule has 2 N–H and O–H groups in total. The first-order chi connectivity index (χ1) is 7.18. The molecule has 0 aliphatic rings. The molecule has 2 rings (SSSR count). The molecule has 0 radical (unpaired) electrons. The highest BCUT2D eigenvalue weighted by atomic mass is 32.1. The van der Waals surface area contributed by atoms with Gasteiger partial charge in [-0.05, 0) is 25.3 Å². The zero-order valence-corrected chi connectivity index (χ0v) is 9.84. The van der Waals surface area contributed by atoms with Crippen molar-refractivity contribution in [2.75, 3.05) is 5.73 Å². The minimum absolute atomic E-state index is 0.821. The fourth-order valence-electron chi connectivity index (χ4n) is 1.60. The Morgan fingerprint density at radius 3 is 2.80 bits per heavy atom. The summed E-state index contributed by atoms with van der Waals surface area (Å²) in [4.78, 5) is 1.39. The molecule has 0 spiro atoms. The van der Waals surface area contributed by atoms with Crippen LogP contribution in [0.4, 0.5) is 5.69 Å². The van der Waals surface area contributed by atoms with Crippen LogP contribution in [0.25, 0.3) is 0 Å². The summed E-state index contributed by atoms with van der Waals surface area (Å²) in [6, 6.07) is 4.23. The van der Waals surface area contributed by atoms with Crippen LogP contribution < -0.4 is 5.73 Å². The summed E-state index contributed by atoms with van der Waals surface area (Å²) in [5.74, 6) is 0. The molecular weight excluding hydrogens is 206 g/mol. The Hall–Kier alpha value is -1.29. The van der Waals surface area contributed by atoms with E-state index in [-0.39, 0.29) is 0 Å². The molecule has 0 atom stereocenters. The molecule has 0 aliphatic carbocycles. The number of nitrogen functional groups attached to an aromatic ring is 1. The molecule has 0 bridgehead atoms. The number of nitrogens with two attached hydrogens (primary N) is 1. The Balaban J connectivity index is 2.08. The molecule has 2 aromatic heterocycles. The fourth-order valence-corrected chi connectivity index (χ4v) is 2.30. The number of rotatable bonds is 3. The molecule has 0 unspecified atom stereocenters. The molecule has 0 fully saturated rings. The highest BCUT2D eigenvalue weighted by Crippen LogP contribution is 2.16. The van der Waals surface area contributed by atoms with Crippen LogP contribution in [0.2, 0.25) is 0 Å². The summed E-state index contributed by atoms with van der Waals surface area (Å²) < 4.78 is 1.99. The van der Waals surface area contributed by atoms with Crippen LogP contribution >= 0.6 is 11.3 Å². The van der Waals surface area contributed by atoms with E-state index in [0.29, 0.717) is 0 Å². The third kappa shape index (κ3) is 2.04. The largest absolute Gasteiger partial charge is 0.396 e. The summed E-state index contributed by atoms with van der Waals surface area (Å²) >= 11 is 1.79. The Morgan fingerprint density at radius 1 is 1.47 bits per heavy atom. The zero-order valence-electron chi connectivity index (χ0n) is 9.03. The van der Waals surface area contributed by atoms with E-state index in [0.717, 1.165) is 30.0 Å². The second-order valence-corrected chi connectivity index (χ2v) is 4.67. The lowest BCUT2D eigenvalue weighted by molar-refractivity contribution is 0.597. The van der Waals surface area contributed by atoms with Crippen molar-refractivity contribution in [2.24, 2.45) is 0 Å². The van der Waals surface area contributed by atoms with Gasteiger partial charge in [-0.25, -0.2) is 0 Å². The van der Waals surface area contributed by atoms with E-state index in [9.17, 15) is 0 Å². The first-order valence-corrected chi connectivity index (χ1v) is 5.88. The van der Waals surface area contributed by atoms with Crippen LogP contribution in [0, 0.1) is 13.8 Å². The van der Waals surface area contributed by atoms with Gasteiger partial charge in [0.05, 0.1) is 17.1 Å². The fraction of sp³-hybridized carbons (Fsp3) is 0.364. The van der Waals surface area contributed by atoms with Crippen LogP contribution in [-0.4, -0.2) is 9.78 Å². The molecule has 0 amide bonds. The van der Waals surface area contributed by atoms with Crippen molar-refractivity contribution in [3.63, 3.8) is 0 Å². The van der Waals surface area contributed by atoms with Gasteiger partial charge in [0.25, 0.3) is 0 Å². The van der Waals surface area contributed by atoms with E-state index in [4.69, 9.17) is 5.73 Å². The SMILES string of the molecule is Cc1nn(CCc2cccs2)c(C)c1N. The molecular formula is C11H15N3S. The minimum Gasteiger partial charge on any atom is -0.396 e. The van der Waals surface area contributed by atoms with Crippen LogP contribution in [0.3, 0.4) is 0 Å². The van der Waals surface area contributed by atoms with Crippen LogP contribution in [-0.2, 0) is 13.0 Å². The van der Waals surface area contributed by atoms with E-state index in [1.807, 2.05) is 18.5 Å². The molecule has 0 aliphatic heterocycles. The lowest BCUT2D eigenvalue weighted by Crippen LogP contribution is -2.04. The monoisotopic (exact) mass is 221 g/mol. The summed E-state index contributed by atoms with van der Waals surface area (Å²) in [5, 5.41) is 6.51. The number of thiophene rings is 1. The number of aryl methyl sites for hydroxylation is 3. The molecule has 3 nitrogen and oxygen atoms in total. The van der Waals surface area contributed by atoms with Gasteiger partial charge < -0.3 is 5.73 Å². The number of hydrogen-bond donors (Lipinski definition) is 1. The summed E-state index contributed by atoms with van der Waals surface area (Å²) in [6.45, 7) is 4.87. The molecule has 2 aromatic rings. The van der Waals surface area contributed by atoms with Gasteiger partial charge in [-0.1, -0.05) is 6.07 Å². The molecule has 4 heteroatoms. The molecule has 0 aromatic carbocycles. The lowest BCUT2D eigenvalue weighted by atomic mass is 10.3. The molecule has 0 saturated carbocycles. The van der Waals surface area contributed by atoms with Gasteiger partial charge in [-0.3, -0.25) is 4.68 Å². The smallest absolute Gasteiger partial charge is 0.0825 e. The Labute approximate surface area is 93.5 Å². The molecule has 80 valence electrons. The Morgan fingerprint density at radius 2 is 2.27 bits per heavy atom. The quantitative estimate of drug-likeness (QED) is 0.864. The van der Waals surface area contributed by atoms with Gasteiger partial charge in [0.15, 0.2) is 0 Å². The number of hydrogen-bond acceptors (Lipinski definition) is 3. The standard InChI is InChI=1S/C11H15N3S/c1-8-11(12)9(2)14(13-8)6-5-10-4-3-7-15-10/h3-4,7H,5-6,12H2,1-2H3.